The molecule has 94 valence electrons. The molecule has 17 heavy (non-hydrogen) atoms. The third kappa shape index (κ3) is 3.81. The summed E-state index contributed by atoms with van der Waals surface area (Å²) in [4.78, 5) is 0. The number of halogens is 1. The van der Waals surface area contributed by atoms with Gasteiger partial charge in [0.2, 0.25) is 0 Å². The van der Waals surface area contributed by atoms with E-state index >= 15 is 0 Å². The summed E-state index contributed by atoms with van der Waals surface area (Å²) in [6.45, 7) is 3.03. The van der Waals surface area contributed by atoms with Crippen LogP contribution in [0.2, 0.25) is 0 Å². The highest BCUT2D eigenvalue weighted by atomic mass is 19.1. The van der Waals surface area contributed by atoms with Gasteiger partial charge in [-0.15, -0.1) is 0 Å². The maximum absolute atomic E-state index is 13.0. The Bertz CT molecular complexity index is 345. The summed E-state index contributed by atoms with van der Waals surface area (Å²) in [6.07, 6.45) is 6.83. The normalized spacial score (nSPS) is 19.2. The van der Waals surface area contributed by atoms with Crippen molar-refractivity contribution >= 4 is 0 Å². The van der Waals surface area contributed by atoms with Gasteiger partial charge < -0.3 is 5.32 Å². The third-order valence-corrected chi connectivity index (χ3v) is 3.87. The van der Waals surface area contributed by atoms with Gasteiger partial charge in [-0.25, -0.2) is 4.39 Å². The molecule has 0 aliphatic heterocycles. The minimum atomic E-state index is -0.144. The van der Waals surface area contributed by atoms with E-state index in [9.17, 15) is 4.39 Å². The van der Waals surface area contributed by atoms with Crippen LogP contribution >= 0.6 is 0 Å². The SMILES string of the molecule is C[C@H](NCc1cccc(F)c1)C1CCCCC1. The number of benzene rings is 1. The van der Waals surface area contributed by atoms with Crippen molar-refractivity contribution in [2.45, 2.75) is 51.6 Å². The lowest BCUT2D eigenvalue weighted by Gasteiger charge is -2.28. The molecule has 1 aliphatic rings. The highest BCUT2D eigenvalue weighted by Gasteiger charge is 2.19. The second kappa shape index (κ2) is 6.15. The molecule has 1 atom stereocenters. The van der Waals surface area contributed by atoms with Crippen LogP contribution in [-0.2, 0) is 6.54 Å². The van der Waals surface area contributed by atoms with E-state index < -0.39 is 0 Å². The van der Waals surface area contributed by atoms with Crippen LogP contribution in [0.3, 0.4) is 0 Å². The Morgan fingerprint density at radius 3 is 2.76 bits per heavy atom. The van der Waals surface area contributed by atoms with Crippen LogP contribution in [0.25, 0.3) is 0 Å². The third-order valence-electron chi connectivity index (χ3n) is 3.87. The first-order chi connectivity index (χ1) is 8.25. The van der Waals surface area contributed by atoms with Crippen molar-refractivity contribution in [3.8, 4) is 0 Å². The topological polar surface area (TPSA) is 12.0 Å². The zero-order chi connectivity index (χ0) is 12.1. The predicted molar refractivity (Wildman–Crippen MR) is 69.3 cm³/mol. The Balaban J connectivity index is 1.80. The first kappa shape index (κ1) is 12.6. The molecule has 1 N–H and O–H groups in total. The molecule has 1 aromatic rings. The van der Waals surface area contributed by atoms with Crippen LogP contribution in [0.5, 0.6) is 0 Å². The van der Waals surface area contributed by atoms with Crippen molar-refractivity contribution < 1.29 is 4.39 Å². The van der Waals surface area contributed by atoms with Crippen LogP contribution < -0.4 is 5.32 Å². The van der Waals surface area contributed by atoms with Gasteiger partial charge in [0.15, 0.2) is 0 Å². The molecule has 0 saturated heterocycles. The van der Waals surface area contributed by atoms with E-state index in [-0.39, 0.29) is 5.82 Å². The molecule has 0 unspecified atom stereocenters. The minimum absolute atomic E-state index is 0.144. The Morgan fingerprint density at radius 2 is 2.06 bits per heavy atom. The van der Waals surface area contributed by atoms with Gasteiger partial charge in [-0.3, -0.25) is 0 Å². The van der Waals surface area contributed by atoms with Gasteiger partial charge in [0.25, 0.3) is 0 Å². The summed E-state index contributed by atoms with van der Waals surface area (Å²) in [7, 11) is 0. The van der Waals surface area contributed by atoms with E-state index in [0.717, 1.165) is 18.0 Å². The van der Waals surface area contributed by atoms with Crippen molar-refractivity contribution in [2.75, 3.05) is 0 Å². The van der Waals surface area contributed by atoms with Gasteiger partial charge in [-0.2, -0.15) is 0 Å². The lowest BCUT2D eigenvalue weighted by atomic mass is 9.84. The monoisotopic (exact) mass is 235 g/mol. The summed E-state index contributed by atoms with van der Waals surface area (Å²) in [5.74, 6) is 0.659. The average molecular weight is 235 g/mol. The summed E-state index contributed by atoms with van der Waals surface area (Å²) < 4.78 is 13.0. The molecule has 2 heteroatoms. The lowest BCUT2D eigenvalue weighted by molar-refractivity contribution is 0.280. The molecule has 0 amide bonds. The minimum Gasteiger partial charge on any atom is -0.310 e. The van der Waals surface area contributed by atoms with Crippen LogP contribution in [0, 0.1) is 11.7 Å². The van der Waals surface area contributed by atoms with Crippen LogP contribution in [-0.4, -0.2) is 6.04 Å². The fourth-order valence-electron chi connectivity index (χ4n) is 2.73. The molecule has 0 bridgehead atoms. The molecule has 0 aromatic heterocycles. The van der Waals surface area contributed by atoms with Gasteiger partial charge >= 0.3 is 0 Å². The van der Waals surface area contributed by atoms with Crippen molar-refractivity contribution in [1.29, 1.82) is 0 Å². The first-order valence-electron chi connectivity index (χ1n) is 6.73. The number of rotatable bonds is 4. The average Bonchev–Trinajstić information content (AvgIpc) is 2.37. The van der Waals surface area contributed by atoms with E-state index in [2.05, 4.69) is 12.2 Å². The van der Waals surface area contributed by atoms with Gasteiger partial charge in [-0.05, 0) is 43.4 Å². The summed E-state index contributed by atoms with van der Waals surface area (Å²) >= 11 is 0. The highest BCUT2D eigenvalue weighted by Crippen LogP contribution is 2.26. The van der Waals surface area contributed by atoms with Crippen LogP contribution in [0.1, 0.15) is 44.6 Å². The molecule has 0 radical (unpaired) electrons. The summed E-state index contributed by atoms with van der Waals surface area (Å²) in [5.41, 5.74) is 1.03. The largest absolute Gasteiger partial charge is 0.310 e. The lowest BCUT2D eigenvalue weighted by Crippen LogP contribution is -2.34. The molecular weight excluding hydrogens is 213 g/mol. The zero-order valence-corrected chi connectivity index (χ0v) is 10.6. The van der Waals surface area contributed by atoms with E-state index in [0.29, 0.717) is 6.04 Å². The molecule has 1 aliphatic carbocycles. The molecule has 1 aromatic carbocycles. The number of hydrogen-bond acceptors (Lipinski definition) is 1. The fourth-order valence-corrected chi connectivity index (χ4v) is 2.73. The zero-order valence-electron chi connectivity index (χ0n) is 10.6. The quantitative estimate of drug-likeness (QED) is 0.835. The van der Waals surface area contributed by atoms with Crippen molar-refractivity contribution in [3.05, 3.63) is 35.6 Å². The second-order valence-corrected chi connectivity index (χ2v) is 5.20. The maximum atomic E-state index is 13.0. The molecule has 1 fully saturated rings. The van der Waals surface area contributed by atoms with Crippen LogP contribution in [0.4, 0.5) is 4.39 Å². The first-order valence-corrected chi connectivity index (χ1v) is 6.73. The molecule has 1 saturated carbocycles. The van der Waals surface area contributed by atoms with Gasteiger partial charge in [0.05, 0.1) is 0 Å². The molecule has 1 nitrogen and oxygen atoms in total. The Morgan fingerprint density at radius 1 is 1.29 bits per heavy atom. The van der Waals surface area contributed by atoms with Crippen LogP contribution in [0.15, 0.2) is 24.3 Å². The Hall–Kier alpha value is -0.890. The molecule has 0 heterocycles. The number of nitrogens with one attached hydrogen (secondary N) is 1. The van der Waals surface area contributed by atoms with E-state index in [4.69, 9.17) is 0 Å². The maximum Gasteiger partial charge on any atom is 0.123 e. The van der Waals surface area contributed by atoms with Gasteiger partial charge in [0, 0.05) is 12.6 Å². The molecular formula is C15H22FN. The Kier molecular flexibility index (Phi) is 4.55. The van der Waals surface area contributed by atoms with Crippen molar-refractivity contribution in [2.24, 2.45) is 5.92 Å². The van der Waals surface area contributed by atoms with Crippen molar-refractivity contribution in [1.82, 2.24) is 5.32 Å². The van der Waals surface area contributed by atoms with E-state index in [1.165, 1.54) is 38.2 Å². The standard InChI is InChI=1S/C15H22FN/c1-12(14-7-3-2-4-8-14)17-11-13-6-5-9-15(16)10-13/h5-6,9-10,12,14,17H,2-4,7-8,11H2,1H3/t12-/m0/s1. The number of hydrogen-bond donors (Lipinski definition) is 1. The highest BCUT2D eigenvalue weighted by molar-refractivity contribution is 5.16. The van der Waals surface area contributed by atoms with E-state index in [1.807, 2.05) is 6.07 Å². The fraction of sp³-hybridized carbons (Fsp3) is 0.600. The Labute approximate surface area is 103 Å². The predicted octanol–water partition coefficient (Wildman–Crippen LogP) is 3.88. The molecule has 2 rings (SSSR count). The van der Waals surface area contributed by atoms with E-state index in [1.54, 1.807) is 12.1 Å². The van der Waals surface area contributed by atoms with Crippen molar-refractivity contribution in [3.63, 3.8) is 0 Å². The molecule has 0 spiro atoms. The second-order valence-electron chi connectivity index (χ2n) is 5.20. The smallest absolute Gasteiger partial charge is 0.123 e. The summed E-state index contributed by atoms with van der Waals surface area (Å²) in [6, 6.07) is 7.40. The van der Waals surface area contributed by atoms with Gasteiger partial charge in [-0.1, -0.05) is 31.4 Å². The summed E-state index contributed by atoms with van der Waals surface area (Å²) in [5, 5.41) is 3.53. The van der Waals surface area contributed by atoms with Gasteiger partial charge in [0.1, 0.15) is 5.82 Å².